The molecule has 84 valence electrons. The maximum absolute atomic E-state index is 5.79. The van der Waals surface area contributed by atoms with Gasteiger partial charge in [-0.05, 0) is 31.2 Å². The Balaban J connectivity index is 2.34. The fraction of sp³-hybridized carbons (Fsp3) is 0.286. The molecule has 0 aliphatic carbocycles. The molecule has 2 rings (SSSR count). The van der Waals surface area contributed by atoms with Crippen molar-refractivity contribution in [1.82, 2.24) is 5.32 Å². The quantitative estimate of drug-likeness (QED) is 0.847. The fourth-order valence-corrected chi connectivity index (χ4v) is 1.86. The molecule has 1 N–H and O–H groups in total. The van der Waals surface area contributed by atoms with Crippen molar-refractivity contribution in [3.05, 3.63) is 47.7 Å². The minimum Gasteiger partial charge on any atom is -0.460 e. The first-order valence-electron chi connectivity index (χ1n) is 5.66. The molecule has 0 aliphatic heterocycles. The third-order valence-electron chi connectivity index (χ3n) is 2.68. The molecule has 0 saturated heterocycles. The van der Waals surface area contributed by atoms with Gasteiger partial charge in [0.2, 0.25) is 0 Å². The number of furan rings is 1. The largest absolute Gasteiger partial charge is 0.460 e. The molecule has 2 heteroatoms. The summed E-state index contributed by atoms with van der Waals surface area (Å²) in [5, 5.41) is 3.08. The van der Waals surface area contributed by atoms with Gasteiger partial charge in [0.15, 0.2) is 0 Å². The van der Waals surface area contributed by atoms with Crippen molar-refractivity contribution in [1.29, 1.82) is 0 Å². The van der Waals surface area contributed by atoms with Crippen LogP contribution in [0.3, 0.4) is 0 Å². The molecule has 0 saturated carbocycles. The first-order valence-corrected chi connectivity index (χ1v) is 5.66. The Labute approximate surface area is 96.3 Å². The Morgan fingerprint density at radius 2 is 1.94 bits per heavy atom. The topological polar surface area (TPSA) is 25.2 Å². The van der Waals surface area contributed by atoms with Crippen LogP contribution in [-0.2, 0) is 13.0 Å². The molecule has 1 aromatic heterocycles. The molecule has 0 spiro atoms. The van der Waals surface area contributed by atoms with Gasteiger partial charge in [-0.2, -0.15) is 0 Å². The number of aryl methyl sites for hydroxylation is 1. The zero-order valence-electron chi connectivity index (χ0n) is 9.79. The molecular weight excluding hydrogens is 198 g/mol. The molecule has 0 fully saturated rings. The molecule has 0 amide bonds. The minimum absolute atomic E-state index is 0.772. The number of nitrogens with one attached hydrogen (secondary N) is 1. The highest BCUT2D eigenvalue weighted by Gasteiger charge is 2.07. The number of hydrogen-bond acceptors (Lipinski definition) is 2. The van der Waals surface area contributed by atoms with Crippen LogP contribution in [0.2, 0.25) is 0 Å². The van der Waals surface area contributed by atoms with Crippen molar-refractivity contribution in [3.8, 4) is 11.3 Å². The Kier molecular flexibility index (Phi) is 3.42. The maximum Gasteiger partial charge on any atom is 0.134 e. The van der Waals surface area contributed by atoms with E-state index in [1.54, 1.807) is 0 Å². The van der Waals surface area contributed by atoms with Crippen LogP contribution < -0.4 is 5.32 Å². The van der Waals surface area contributed by atoms with Gasteiger partial charge in [0, 0.05) is 5.56 Å². The van der Waals surface area contributed by atoms with E-state index in [0.717, 1.165) is 24.5 Å². The molecule has 0 unspecified atom stereocenters. The Hall–Kier alpha value is -1.54. The lowest BCUT2D eigenvalue weighted by Gasteiger charge is -2.04. The molecule has 2 aromatic rings. The SMILES string of the molecule is CCc1ccccc1-c1ccc(CNC)o1. The van der Waals surface area contributed by atoms with E-state index in [9.17, 15) is 0 Å². The lowest BCUT2D eigenvalue weighted by atomic mass is 10.0. The monoisotopic (exact) mass is 215 g/mol. The Morgan fingerprint density at radius 3 is 2.69 bits per heavy atom. The predicted molar refractivity (Wildman–Crippen MR) is 66.3 cm³/mol. The Morgan fingerprint density at radius 1 is 1.12 bits per heavy atom. The summed E-state index contributed by atoms with van der Waals surface area (Å²) in [4.78, 5) is 0. The van der Waals surface area contributed by atoms with Crippen LogP contribution in [0.15, 0.2) is 40.8 Å². The molecule has 0 radical (unpaired) electrons. The third kappa shape index (κ3) is 2.17. The average molecular weight is 215 g/mol. The van der Waals surface area contributed by atoms with Crippen LogP contribution in [0.1, 0.15) is 18.2 Å². The van der Waals surface area contributed by atoms with Crippen molar-refractivity contribution in [3.63, 3.8) is 0 Å². The Bertz CT molecular complexity index is 459. The highest BCUT2D eigenvalue weighted by Crippen LogP contribution is 2.26. The van der Waals surface area contributed by atoms with Crippen LogP contribution in [0.5, 0.6) is 0 Å². The van der Waals surface area contributed by atoms with Gasteiger partial charge in [-0.3, -0.25) is 0 Å². The summed E-state index contributed by atoms with van der Waals surface area (Å²) in [6, 6.07) is 12.4. The van der Waals surface area contributed by atoms with Crippen LogP contribution in [0.4, 0.5) is 0 Å². The summed E-state index contributed by atoms with van der Waals surface area (Å²) < 4.78 is 5.79. The van der Waals surface area contributed by atoms with E-state index in [0.29, 0.717) is 0 Å². The van der Waals surface area contributed by atoms with E-state index in [4.69, 9.17) is 4.42 Å². The summed E-state index contributed by atoms with van der Waals surface area (Å²) in [6.45, 7) is 2.94. The second-order valence-corrected chi connectivity index (χ2v) is 3.81. The molecule has 0 aliphatic rings. The summed E-state index contributed by atoms with van der Waals surface area (Å²) in [6.07, 6.45) is 1.03. The highest BCUT2D eigenvalue weighted by atomic mass is 16.3. The van der Waals surface area contributed by atoms with Gasteiger partial charge < -0.3 is 9.73 Å². The van der Waals surface area contributed by atoms with Crippen molar-refractivity contribution in [2.75, 3.05) is 7.05 Å². The van der Waals surface area contributed by atoms with E-state index < -0.39 is 0 Å². The molecule has 1 heterocycles. The standard InChI is InChI=1S/C14H17NO/c1-3-11-6-4-5-7-13(11)14-9-8-12(16-14)10-15-2/h4-9,15H,3,10H2,1-2H3. The van der Waals surface area contributed by atoms with Crippen LogP contribution >= 0.6 is 0 Å². The van der Waals surface area contributed by atoms with Gasteiger partial charge in [-0.1, -0.05) is 31.2 Å². The zero-order valence-corrected chi connectivity index (χ0v) is 9.79. The van der Waals surface area contributed by atoms with E-state index in [2.05, 4.69) is 36.5 Å². The van der Waals surface area contributed by atoms with Gasteiger partial charge in [-0.15, -0.1) is 0 Å². The van der Waals surface area contributed by atoms with Gasteiger partial charge >= 0.3 is 0 Å². The first-order chi connectivity index (χ1) is 7.85. The lowest BCUT2D eigenvalue weighted by molar-refractivity contribution is 0.507. The summed E-state index contributed by atoms with van der Waals surface area (Å²) in [7, 11) is 1.92. The van der Waals surface area contributed by atoms with Crippen molar-refractivity contribution >= 4 is 0 Å². The van der Waals surface area contributed by atoms with E-state index in [-0.39, 0.29) is 0 Å². The van der Waals surface area contributed by atoms with E-state index >= 15 is 0 Å². The van der Waals surface area contributed by atoms with Crippen LogP contribution in [0.25, 0.3) is 11.3 Å². The van der Waals surface area contributed by atoms with Crippen LogP contribution in [-0.4, -0.2) is 7.05 Å². The summed E-state index contributed by atoms with van der Waals surface area (Å²) in [5.74, 6) is 1.94. The zero-order chi connectivity index (χ0) is 11.4. The summed E-state index contributed by atoms with van der Waals surface area (Å²) >= 11 is 0. The number of rotatable bonds is 4. The first kappa shape index (κ1) is 11.0. The van der Waals surface area contributed by atoms with Crippen molar-refractivity contribution in [2.24, 2.45) is 0 Å². The molecule has 1 aromatic carbocycles. The molecule has 0 bridgehead atoms. The van der Waals surface area contributed by atoms with E-state index in [1.165, 1.54) is 11.1 Å². The van der Waals surface area contributed by atoms with Gasteiger partial charge in [0.1, 0.15) is 11.5 Å². The normalized spacial score (nSPS) is 10.6. The van der Waals surface area contributed by atoms with Gasteiger partial charge in [0.25, 0.3) is 0 Å². The second-order valence-electron chi connectivity index (χ2n) is 3.81. The fourth-order valence-electron chi connectivity index (χ4n) is 1.86. The molecular formula is C14H17NO. The third-order valence-corrected chi connectivity index (χ3v) is 2.68. The molecule has 2 nitrogen and oxygen atoms in total. The maximum atomic E-state index is 5.79. The highest BCUT2D eigenvalue weighted by molar-refractivity contribution is 5.62. The number of hydrogen-bond donors (Lipinski definition) is 1. The van der Waals surface area contributed by atoms with Crippen LogP contribution in [0, 0.1) is 0 Å². The number of benzene rings is 1. The summed E-state index contributed by atoms with van der Waals surface area (Å²) in [5.41, 5.74) is 2.53. The molecule has 0 atom stereocenters. The van der Waals surface area contributed by atoms with Crippen molar-refractivity contribution in [2.45, 2.75) is 19.9 Å². The average Bonchev–Trinajstić information content (AvgIpc) is 2.78. The molecule has 16 heavy (non-hydrogen) atoms. The predicted octanol–water partition coefficient (Wildman–Crippen LogP) is 3.23. The smallest absolute Gasteiger partial charge is 0.134 e. The minimum atomic E-state index is 0.772. The lowest BCUT2D eigenvalue weighted by Crippen LogP contribution is -2.03. The second kappa shape index (κ2) is 4.99. The van der Waals surface area contributed by atoms with Crippen molar-refractivity contribution < 1.29 is 4.42 Å². The van der Waals surface area contributed by atoms with E-state index in [1.807, 2.05) is 19.2 Å². The van der Waals surface area contributed by atoms with Gasteiger partial charge in [-0.25, -0.2) is 0 Å². The van der Waals surface area contributed by atoms with Gasteiger partial charge in [0.05, 0.1) is 6.54 Å².